The van der Waals surface area contributed by atoms with E-state index in [1.165, 1.54) is 19.5 Å². The lowest BCUT2D eigenvalue weighted by atomic mass is 10.1. The maximum absolute atomic E-state index is 11.7. The van der Waals surface area contributed by atoms with E-state index in [1.807, 2.05) is 0 Å². The monoisotopic (exact) mass is 225 g/mol. The molecule has 2 atom stereocenters. The standard InChI is InChI=1S/C12H23N3O/c1-15-7-5-10(9-15)8-14-11-4-2-3-6-13-12(11)16/h10-11,14H,2-9H2,1H3,(H,13,16). The lowest BCUT2D eigenvalue weighted by Crippen LogP contribution is -2.44. The van der Waals surface area contributed by atoms with Crippen molar-refractivity contribution in [2.24, 2.45) is 5.92 Å². The minimum absolute atomic E-state index is 0.0495. The van der Waals surface area contributed by atoms with Crippen LogP contribution in [0.2, 0.25) is 0 Å². The zero-order valence-electron chi connectivity index (χ0n) is 10.2. The zero-order chi connectivity index (χ0) is 11.4. The minimum Gasteiger partial charge on any atom is -0.355 e. The molecule has 2 aliphatic heterocycles. The van der Waals surface area contributed by atoms with E-state index in [4.69, 9.17) is 0 Å². The van der Waals surface area contributed by atoms with Gasteiger partial charge in [0.15, 0.2) is 0 Å². The van der Waals surface area contributed by atoms with E-state index in [9.17, 15) is 4.79 Å². The number of nitrogens with one attached hydrogen (secondary N) is 2. The van der Waals surface area contributed by atoms with Crippen LogP contribution >= 0.6 is 0 Å². The van der Waals surface area contributed by atoms with Gasteiger partial charge >= 0.3 is 0 Å². The van der Waals surface area contributed by atoms with Gasteiger partial charge in [-0.3, -0.25) is 4.79 Å². The average molecular weight is 225 g/mol. The molecule has 0 aromatic rings. The van der Waals surface area contributed by atoms with Gasteiger partial charge in [-0.15, -0.1) is 0 Å². The van der Waals surface area contributed by atoms with Gasteiger partial charge in [0.1, 0.15) is 0 Å². The van der Waals surface area contributed by atoms with Crippen LogP contribution in [0.25, 0.3) is 0 Å². The van der Waals surface area contributed by atoms with Crippen LogP contribution in [0.5, 0.6) is 0 Å². The highest BCUT2D eigenvalue weighted by Crippen LogP contribution is 2.14. The summed E-state index contributed by atoms with van der Waals surface area (Å²) in [6.07, 6.45) is 4.53. The zero-order valence-corrected chi connectivity index (χ0v) is 10.2. The number of hydrogen-bond donors (Lipinski definition) is 2. The Morgan fingerprint density at radius 1 is 1.44 bits per heavy atom. The molecular weight excluding hydrogens is 202 g/mol. The van der Waals surface area contributed by atoms with Crippen molar-refractivity contribution in [2.75, 3.05) is 33.2 Å². The summed E-state index contributed by atoms with van der Waals surface area (Å²) in [6.45, 7) is 4.20. The van der Waals surface area contributed by atoms with Crippen LogP contribution in [0.15, 0.2) is 0 Å². The number of carbonyl (C=O) groups excluding carboxylic acids is 1. The third-order valence-electron chi connectivity index (χ3n) is 3.68. The normalized spacial score (nSPS) is 32.4. The van der Waals surface area contributed by atoms with Crippen LogP contribution in [0.3, 0.4) is 0 Å². The summed E-state index contributed by atoms with van der Waals surface area (Å²) >= 11 is 0. The summed E-state index contributed by atoms with van der Waals surface area (Å²) in [5.74, 6) is 0.921. The molecule has 2 unspecified atom stereocenters. The molecule has 0 radical (unpaired) electrons. The fourth-order valence-corrected chi connectivity index (χ4v) is 2.64. The molecule has 0 aromatic carbocycles. The van der Waals surface area contributed by atoms with E-state index in [1.54, 1.807) is 0 Å². The topological polar surface area (TPSA) is 44.4 Å². The van der Waals surface area contributed by atoms with Crippen molar-refractivity contribution < 1.29 is 4.79 Å². The molecule has 2 heterocycles. The number of carbonyl (C=O) groups is 1. The molecule has 2 aliphatic rings. The molecule has 92 valence electrons. The number of hydrogen-bond acceptors (Lipinski definition) is 3. The van der Waals surface area contributed by atoms with Gasteiger partial charge in [0.2, 0.25) is 5.91 Å². The number of amides is 1. The summed E-state index contributed by atoms with van der Waals surface area (Å²) in [5, 5.41) is 6.40. The molecule has 4 nitrogen and oxygen atoms in total. The fourth-order valence-electron chi connectivity index (χ4n) is 2.64. The van der Waals surface area contributed by atoms with E-state index in [-0.39, 0.29) is 11.9 Å². The Hall–Kier alpha value is -0.610. The van der Waals surface area contributed by atoms with Crippen LogP contribution in [-0.2, 0) is 4.79 Å². The molecule has 4 heteroatoms. The number of rotatable bonds is 3. The fraction of sp³-hybridized carbons (Fsp3) is 0.917. The Bertz CT molecular complexity index is 244. The molecule has 0 bridgehead atoms. The molecule has 0 aliphatic carbocycles. The molecule has 16 heavy (non-hydrogen) atoms. The lowest BCUT2D eigenvalue weighted by molar-refractivity contribution is -0.122. The molecule has 0 saturated carbocycles. The predicted molar refractivity (Wildman–Crippen MR) is 64.3 cm³/mol. The van der Waals surface area contributed by atoms with Crippen LogP contribution in [0, 0.1) is 5.92 Å². The third-order valence-corrected chi connectivity index (χ3v) is 3.68. The molecular formula is C12H23N3O. The minimum atomic E-state index is 0.0495. The maximum Gasteiger partial charge on any atom is 0.237 e. The molecule has 2 rings (SSSR count). The Morgan fingerprint density at radius 2 is 2.31 bits per heavy atom. The van der Waals surface area contributed by atoms with Gasteiger partial charge in [0.25, 0.3) is 0 Å². The van der Waals surface area contributed by atoms with Crippen LogP contribution in [-0.4, -0.2) is 50.1 Å². The summed E-state index contributed by atoms with van der Waals surface area (Å²) < 4.78 is 0. The van der Waals surface area contributed by atoms with Crippen molar-refractivity contribution in [1.29, 1.82) is 0 Å². The van der Waals surface area contributed by atoms with Crippen molar-refractivity contribution in [1.82, 2.24) is 15.5 Å². The first-order valence-corrected chi connectivity index (χ1v) is 6.45. The molecule has 0 aromatic heterocycles. The molecule has 2 N–H and O–H groups in total. The smallest absolute Gasteiger partial charge is 0.237 e. The summed E-state index contributed by atoms with van der Waals surface area (Å²) in [7, 11) is 2.17. The quantitative estimate of drug-likeness (QED) is 0.721. The van der Waals surface area contributed by atoms with Gasteiger partial charge in [-0.2, -0.15) is 0 Å². The predicted octanol–water partition coefficient (Wildman–Crippen LogP) is 0.196. The second-order valence-electron chi connectivity index (χ2n) is 5.16. The molecule has 0 spiro atoms. The first-order chi connectivity index (χ1) is 7.75. The summed E-state index contributed by atoms with van der Waals surface area (Å²) in [4.78, 5) is 14.1. The SMILES string of the molecule is CN1CCC(CNC2CCCCNC2=O)C1. The third kappa shape index (κ3) is 3.19. The Labute approximate surface area is 97.8 Å². The average Bonchev–Trinajstić information content (AvgIpc) is 2.56. The van der Waals surface area contributed by atoms with Gasteiger partial charge in [-0.1, -0.05) is 0 Å². The Kier molecular flexibility index (Phi) is 4.18. The second-order valence-corrected chi connectivity index (χ2v) is 5.16. The van der Waals surface area contributed by atoms with E-state index >= 15 is 0 Å². The van der Waals surface area contributed by atoms with Crippen molar-refractivity contribution in [3.8, 4) is 0 Å². The summed E-state index contributed by atoms with van der Waals surface area (Å²) in [5.41, 5.74) is 0. The largest absolute Gasteiger partial charge is 0.355 e. The van der Waals surface area contributed by atoms with Crippen molar-refractivity contribution in [3.05, 3.63) is 0 Å². The van der Waals surface area contributed by atoms with E-state index in [2.05, 4.69) is 22.6 Å². The number of likely N-dealkylation sites (tertiary alicyclic amines) is 1. The highest BCUT2D eigenvalue weighted by molar-refractivity contribution is 5.81. The highest BCUT2D eigenvalue weighted by Gasteiger charge is 2.23. The molecule has 2 saturated heterocycles. The number of nitrogens with zero attached hydrogens (tertiary/aromatic N) is 1. The first-order valence-electron chi connectivity index (χ1n) is 6.45. The molecule has 2 fully saturated rings. The molecule has 1 amide bonds. The van der Waals surface area contributed by atoms with Crippen molar-refractivity contribution in [3.63, 3.8) is 0 Å². The van der Waals surface area contributed by atoms with E-state index in [0.29, 0.717) is 0 Å². The Morgan fingerprint density at radius 3 is 3.06 bits per heavy atom. The first kappa shape index (κ1) is 11.9. The van der Waals surface area contributed by atoms with Gasteiger partial charge in [0, 0.05) is 13.1 Å². The van der Waals surface area contributed by atoms with Crippen molar-refractivity contribution in [2.45, 2.75) is 31.7 Å². The Balaban J connectivity index is 1.73. The van der Waals surface area contributed by atoms with Gasteiger partial charge in [0.05, 0.1) is 6.04 Å². The van der Waals surface area contributed by atoms with Crippen LogP contribution in [0.4, 0.5) is 0 Å². The van der Waals surface area contributed by atoms with Gasteiger partial charge in [-0.05, 0) is 51.7 Å². The highest BCUT2D eigenvalue weighted by atomic mass is 16.2. The van der Waals surface area contributed by atoms with Gasteiger partial charge in [-0.25, -0.2) is 0 Å². The van der Waals surface area contributed by atoms with Gasteiger partial charge < -0.3 is 15.5 Å². The summed E-state index contributed by atoms with van der Waals surface area (Å²) in [6, 6.07) is 0.0495. The van der Waals surface area contributed by atoms with Crippen molar-refractivity contribution >= 4 is 5.91 Å². The van der Waals surface area contributed by atoms with E-state index < -0.39 is 0 Å². The van der Waals surface area contributed by atoms with Crippen LogP contribution in [0.1, 0.15) is 25.7 Å². The second kappa shape index (κ2) is 5.64. The maximum atomic E-state index is 11.7. The lowest BCUT2D eigenvalue weighted by Gasteiger charge is -2.18. The van der Waals surface area contributed by atoms with Crippen LogP contribution < -0.4 is 10.6 Å². The van der Waals surface area contributed by atoms with E-state index in [0.717, 1.165) is 38.3 Å².